The number of hydrogen-bond acceptors (Lipinski definition) is 6. The van der Waals surface area contributed by atoms with Gasteiger partial charge in [-0.05, 0) is 19.1 Å². The summed E-state index contributed by atoms with van der Waals surface area (Å²) in [5, 5.41) is 13.0. The molecule has 1 unspecified atom stereocenters. The van der Waals surface area contributed by atoms with Crippen LogP contribution >= 0.6 is 23.2 Å². The zero-order chi connectivity index (χ0) is 18.1. The van der Waals surface area contributed by atoms with E-state index >= 15 is 0 Å². The summed E-state index contributed by atoms with van der Waals surface area (Å²) >= 11 is 12.6. The summed E-state index contributed by atoms with van der Waals surface area (Å²) in [5.74, 6) is 0. The quantitative estimate of drug-likeness (QED) is 0.714. The molecule has 1 saturated heterocycles. The Balaban J connectivity index is 1.70. The van der Waals surface area contributed by atoms with Crippen LogP contribution in [0.1, 0.15) is 12.5 Å². The van der Waals surface area contributed by atoms with Gasteiger partial charge in [0.25, 0.3) is 0 Å². The van der Waals surface area contributed by atoms with Crippen molar-refractivity contribution in [3.05, 3.63) is 59.1 Å². The zero-order valence-electron chi connectivity index (χ0n) is 14.0. The van der Waals surface area contributed by atoms with Crippen molar-refractivity contribution in [3.8, 4) is 0 Å². The molecule has 0 aliphatic carbocycles. The third kappa shape index (κ3) is 3.21. The maximum absolute atomic E-state index is 6.53. The number of rotatable bonds is 5. The molecule has 3 heterocycles. The van der Waals surface area contributed by atoms with E-state index in [0.29, 0.717) is 23.1 Å². The first kappa shape index (κ1) is 17.4. The second-order valence-electron chi connectivity index (χ2n) is 6.22. The number of nitrogens with zero attached hydrogens (tertiary/aromatic N) is 6. The maximum atomic E-state index is 6.53. The maximum Gasteiger partial charge on any atom is 0.137 e. The van der Waals surface area contributed by atoms with E-state index in [1.807, 2.05) is 12.1 Å². The van der Waals surface area contributed by atoms with E-state index in [9.17, 15) is 0 Å². The van der Waals surface area contributed by atoms with Crippen LogP contribution in [-0.2, 0) is 23.4 Å². The van der Waals surface area contributed by atoms with Gasteiger partial charge in [0.15, 0.2) is 0 Å². The summed E-state index contributed by atoms with van der Waals surface area (Å²) in [6.45, 7) is 3.04. The lowest BCUT2D eigenvalue weighted by atomic mass is 9.87. The molecule has 1 aromatic carbocycles. The first-order valence-corrected chi connectivity index (χ1v) is 8.86. The van der Waals surface area contributed by atoms with E-state index < -0.39 is 5.60 Å². The van der Waals surface area contributed by atoms with Crippen LogP contribution in [0.15, 0.2) is 43.5 Å². The molecule has 1 N–H and O–H groups in total. The summed E-state index contributed by atoms with van der Waals surface area (Å²) in [5.41, 5.74) is 0.112. The van der Waals surface area contributed by atoms with E-state index in [4.69, 9.17) is 27.9 Å². The van der Waals surface area contributed by atoms with Crippen molar-refractivity contribution in [1.29, 1.82) is 0 Å². The summed E-state index contributed by atoms with van der Waals surface area (Å²) < 4.78 is 9.96. The van der Waals surface area contributed by atoms with Gasteiger partial charge in [0.1, 0.15) is 37.1 Å². The van der Waals surface area contributed by atoms with Crippen molar-refractivity contribution in [2.45, 2.75) is 37.9 Å². The highest BCUT2D eigenvalue weighted by molar-refractivity contribution is 6.35. The zero-order valence-corrected chi connectivity index (χ0v) is 15.5. The van der Waals surface area contributed by atoms with E-state index in [-0.39, 0.29) is 12.3 Å². The number of nitrogens with one attached hydrogen (secondary N) is 1. The van der Waals surface area contributed by atoms with Gasteiger partial charge in [-0.3, -0.25) is 5.32 Å². The van der Waals surface area contributed by atoms with Crippen molar-refractivity contribution in [3.63, 3.8) is 0 Å². The van der Waals surface area contributed by atoms with Crippen molar-refractivity contribution in [1.82, 2.24) is 34.8 Å². The lowest BCUT2D eigenvalue weighted by molar-refractivity contribution is -0.0709. The summed E-state index contributed by atoms with van der Waals surface area (Å²) in [7, 11) is 0. The highest BCUT2D eigenvalue weighted by Crippen LogP contribution is 2.41. The Kier molecular flexibility index (Phi) is 4.66. The van der Waals surface area contributed by atoms with E-state index in [0.717, 1.165) is 5.56 Å². The fraction of sp³-hybridized carbons (Fsp3) is 0.375. The lowest BCUT2D eigenvalue weighted by Crippen LogP contribution is -2.43. The fourth-order valence-corrected chi connectivity index (χ4v) is 3.90. The molecule has 0 spiro atoms. The van der Waals surface area contributed by atoms with Gasteiger partial charge >= 0.3 is 0 Å². The van der Waals surface area contributed by atoms with Crippen LogP contribution in [0.5, 0.6) is 0 Å². The van der Waals surface area contributed by atoms with Gasteiger partial charge in [0, 0.05) is 21.7 Å². The molecule has 136 valence electrons. The fourth-order valence-electron chi connectivity index (χ4n) is 3.33. The van der Waals surface area contributed by atoms with E-state index in [2.05, 4.69) is 32.4 Å². The van der Waals surface area contributed by atoms with Crippen molar-refractivity contribution in [2.24, 2.45) is 0 Å². The number of halogens is 2. The molecule has 3 aromatic rings. The topological polar surface area (TPSA) is 82.7 Å². The Labute approximate surface area is 160 Å². The predicted molar refractivity (Wildman–Crippen MR) is 95.7 cm³/mol. The Morgan fingerprint density at radius 1 is 1.15 bits per heavy atom. The standard InChI is InChI=1S/C16H17Cl2N7O/c1-11-16(6-25-10-20-8-22-25,13-3-2-12(17)4-14(13)18)26-15(23-11)5-24-9-19-7-21-24/h2-4,7-11,15,23H,5-6H2,1H3/t11-,15?,16-/m1/s1. The average molecular weight is 394 g/mol. The van der Waals surface area contributed by atoms with Crippen LogP contribution in [0.4, 0.5) is 0 Å². The number of benzene rings is 1. The van der Waals surface area contributed by atoms with Crippen LogP contribution < -0.4 is 5.32 Å². The second-order valence-corrected chi connectivity index (χ2v) is 7.06. The Hall–Kier alpha value is -2.00. The first-order chi connectivity index (χ1) is 12.6. The van der Waals surface area contributed by atoms with E-state index in [1.165, 1.54) is 12.7 Å². The number of ether oxygens (including phenoxy) is 1. The third-order valence-corrected chi connectivity index (χ3v) is 5.11. The molecule has 1 aliphatic heterocycles. The van der Waals surface area contributed by atoms with Gasteiger partial charge in [-0.2, -0.15) is 10.2 Å². The number of aromatic nitrogens is 6. The molecule has 1 aliphatic rings. The summed E-state index contributed by atoms with van der Waals surface area (Å²) in [4.78, 5) is 8.00. The smallest absolute Gasteiger partial charge is 0.137 e. The summed E-state index contributed by atoms with van der Waals surface area (Å²) in [6, 6.07) is 5.39. The molecule has 2 aromatic heterocycles. The molecule has 26 heavy (non-hydrogen) atoms. The van der Waals surface area contributed by atoms with Gasteiger partial charge < -0.3 is 4.74 Å². The molecule has 0 bridgehead atoms. The minimum atomic E-state index is -0.735. The highest BCUT2D eigenvalue weighted by atomic mass is 35.5. The van der Waals surface area contributed by atoms with E-state index in [1.54, 1.807) is 28.1 Å². The number of hydrogen-bond donors (Lipinski definition) is 1. The van der Waals surface area contributed by atoms with Crippen LogP contribution in [0.2, 0.25) is 10.0 Å². The van der Waals surface area contributed by atoms with Crippen LogP contribution in [-0.4, -0.2) is 41.8 Å². The first-order valence-electron chi connectivity index (χ1n) is 8.11. The Bertz CT molecular complexity index is 871. The van der Waals surface area contributed by atoms with Crippen LogP contribution in [0, 0.1) is 0 Å². The van der Waals surface area contributed by atoms with Gasteiger partial charge in [0.05, 0.1) is 13.1 Å². The molecule has 0 radical (unpaired) electrons. The van der Waals surface area contributed by atoms with Crippen LogP contribution in [0.3, 0.4) is 0 Å². The molecule has 0 saturated carbocycles. The molecule has 0 amide bonds. The lowest BCUT2D eigenvalue weighted by Gasteiger charge is -2.33. The van der Waals surface area contributed by atoms with Crippen molar-refractivity contribution < 1.29 is 4.74 Å². The van der Waals surface area contributed by atoms with Crippen LogP contribution in [0.25, 0.3) is 0 Å². The van der Waals surface area contributed by atoms with Crippen molar-refractivity contribution >= 4 is 23.2 Å². The van der Waals surface area contributed by atoms with Gasteiger partial charge in [0.2, 0.25) is 0 Å². The normalized spacial score (nSPS) is 25.7. The monoisotopic (exact) mass is 393 g/mol. The molecule has 1 fully saturated rings. The minimum absolute atomic E-state index is 0.0427. The molecule has 8 nitrogen and oxygen atoms in total. The highest BCUT2D eigenvalue weighted by Gasteiger charge is 2.49. The molecular formula is C16H17Cl2N7O. The predicted octanol–water partition coefficient (Wildman–Crippen LogP) is 2.11. The van der Waals surface area contributed by atoms with Gasteiger partial charge in [-0.1, -0.05) is 29.3 Å². The summed E-state index contributed by atoms with van der Waals surface area (Å²) in [6.07, 6.45) is 6.05. The Morgan fingerprint density at radius 2 is 1.88 bits per heavy atom. The van der Waals surface area contributed by atoms with Gasteiger partial charge in [-0.25, -0.2) is 19.3 Å². The van der Waals surface area contributed by atoms with Crippen molar-refractivity contribution in [2.75, 3.05) is 0 Å². The molecule has 10 heteroatoms. The largest absolute Gasteiger partial charge is 0.347 e. The Morgan fingerprint density at radius 3 is 2.54 bits per heavy atom. The molecule has 3 atom stereocenters. The average Bonchev–Trinajstić information content (AvgIpc) is 3.32. The second kappa shape index (κ2) is 6.96. The SMILES string of the molecule is C[C@H]1NC(Cn2cncn2)O[C@@]1(Cn1cncn1)c1ccc(Cl)cc1Cl. The minimum Gasteiger partial charge on any atom is -0.347 e. The molecule has 4 rings (SSSR count). The van der Waals surface area contributed by atoms with Gasteiger partial charge in [-0.15, -0.1) is 0 Å². The third-order valence-electron chi connectivity index (χ3n) is 4.56. The molecular weight excluding hydrogens is 377 g/mol.